The van der Waals surface area contributed by atoms with Gasteiger partial charge in [0.15, 0.2) is 0 Å². The lowest BCUT2D eigenvalue weighted by molar-refractivity contribution is 0.282. The summed E-state index contributed by atoms with van der Waals surface area (Å²) in [7, 11) is 0. The molecule has 3 nitrogen and oxygen atoms in total. The van der Waals surface area contributed by atoms with Gasteiger partial charge in [-0.25, -0.2) is 0 Å². The first-order valence-corrected chi connectivity index (χ1v) is 7.78. The molecule has 122 valence electrons. The summed E-state index contributed by atoms with van der Waals surface area (Å²) in [6.45, 7) is 3.34. The summed E-state index contributed by atoms with van der Waals surface area (Å²) < 4.78 is 0. The molecule has 0 spiro atoms. The maximum absolute atomic E-state index is 8.81. The van der Waals surface area contributed by atoms with Gasteiger partial charge in [0.05, 0.1) is 6.07 Å². The molecule has 2 rings (SSSR count). The first-order chi connectivity index (χ1) is 10.8. The number of nitriles is 1. The van der Waals surface area contributed by atoms with E-state index in [4.69, 9.17) is 16.9 Å². The molecule has 0 saturated carbocycles. The quantitative estimate of drug-likeness (QED) is 0.757. The molecule has 0 aromatic heterocycles. The molecule has 0 aliphatic rings. The standard InChI is InChI=1S/C18H20ClN3.ClH/c19-17-9-7-16(8-10-17)15-22(13-4-11-20)14-12-21-18-5-2-1-3-6-18;/h1-3,5-10,21H,4,12-15H2;1H. The van der Waals surface area contributed by atoms with Crippen molar-refractivity contribution in [3.8, 4) is 6.07 Å². The maximum Gasteiger partial charge on any atom is 0.0635 e. The predicted molar refractivity (Wildman–Crippen MR) is 99.1 cm³/mol. The second-order valence-electron chi connectivity index (χ2n) is 5.10. The van der Waals surface area contributed by atoms with Gasteiger partial charge < -0.3 is 5.32 Å². The molecule has 0 atom stereocenters. The van der Waals surface area contributed by atoms with Gasteiger partial charge >= 0.3 is 0 Å². The Balaban J connectivity index is 0.00000264. The van der Waals surface area contributed by atoms with Gasteiger partial charge in [-0.3, -0.25) is 4.90 Å². The third kappa shape index (κ3) is 7.38. The number of rotatable bonds is 8. The third-order valence-electron chi connectivity index (χ3n) is 3.39. The molecule has 2 aromatic carbocycles. The minimum absolute atomic E-state index is 0. The van der Waals surface area contributed by atoms with E-state index in [1.165, 1.54) is 5.56 Å². The Morgan fingerprint density at radius 1 is 1.00 bits per heavy atom. The van der Waals surface area contributed by atoms with Crippen molar-refractivity contribution in [1.82, 2.24) is 4.90 Å². The van der Waals surface area contributed by atoms with Crippen LogP contribution in [0.2, 0.25) is 5.02 Å². The Hall–Kier alpha value is -1.73. The lowest BCUT2D eigenvalue weighted by Crippen LogP contribution is -2.29. The molecule has 0 fully saturated rings. The number of halogens is 2. The fourth-order valence-corrected chi connectivity index (χ4v) is 2.37. The summed E-state index contributed by atoms with van der Waals surface area (Å²) in [4.78, 5) is 2.28. The highest BCUT2D eigenvalue weighted by Gasteiger charge is 2.06. The summed E-state index contributed by atoms with van der Waals surface area (Å²) in [5.41, 5.74) is 2.33. The van der Waals surface area contributed by atoms with Gasteiger partial charge in [0.25, 0.3) is 0 Å². The Kier molecular flexibility index (Phi) is 9.16. The van der Waals surface area contributed by atoms with Crippen molar-refractivity contribution in [1.29, 1.82) is 5.26 Å². The minimum atomic E-state index is 0. The van der Waals surface area contributed by atoms with Gasteiger partial charge in [0.1, 0.15) is 0 Å². The molecule has 5 heteroatoms. The van der Waals surface area contributed by atoms with E-state index in [-0.39, 0.29) is 12.4 Å². The zero-order valence-electron chi connectivity index (χ0n) is 12.9. The molecular weight excluding hydrogens is 329 g/mol. The van der Waals surface area contributed by atoms with Crippen molar-refractivity contribution in [3.63, 3.8) is 0 Å². The summed E-state index contributed by atoms with van der Waals surface area (Å²) >= 11 is 5.92. The Morgan fingerprint density at radius 3 is 2.35 bits per heavy atom. The Labute approximate surface area is 149 Å². The molecule has 0 aliphatic heterocycles. The third-order valence-corrected chi connectivity index (χ3v) is 3.64. The lowest BCUT2D eigenvalue weighted by Gasteiger charge is -2.21. The van der Waals surface area contributed by atoms with Crippen LogP contribution in [0.3, 0.4) is 0 Å². The van der Waals surface area contributed by atoms with Crippen LogP contribution < -0.4 is 5.32 Å². The van der Waals surface area contributed by atoms with Gasteiger partial charge in [-0.15, -0.1) is 12.4 Å². The molecule has 0 aliphatic carbocycles. The molecule has 0 saturated heterocycles. The lowest BCUT2D eigenvalue weighted by atomic mass is 10.2. The van der Waals surface area contributed by atoms with Crippen LogP contribution in [0, 0.1) is 11.3 Å². The number of anilines is 1. The number of nitrogens with zero attached hydrogens (tertiary/aromatic N) is 2. The fraction of sp³-hybridized carbons (Fsp3) is 0.278. The largest absolute Gasteiger partial charge is 0.384 e. The van der Waals surface area contributed by atoms with Crippen molar-refractivity contribution in [2.45, 2.75) is 13.0 Å². The fourth-order valence-electron chi connectivity index (χ4n) is 2.24. The maximum atomic E-state index is 8.81. The van der Waals surface area contributed by atoms with E-state index in [9.17, 15) is 0 Å². The van der Waals surface area contributed by atoms with Crippen LogP contribution in [0.4, 0.5) is 5.69 Å². The van der Waals surface area contributed by atoms with Crippen LogP contribution in [0.5, 0.6) is 0 Å². The van der Waals surface area contributed by atoms with Crippen LogP contribution in [0.25, 0.3) is 0 Å². The number of hydrogen-bond acceptors (Lipinski definition) is 3. The van der Waals surface area contributed by atoms with E-state index in [0.717, 1.165) is 36.9 Å². The van der Waals surface area contributed by atoms with Gasteiger partial charge in [-0.2, -0.15) is 5.26 Å². The normalized spacial score (nSPS) is 9.96. The average Bonchev–Trinajstić information content (AvgIpc) is 2.55. The topological polar surface area (TPSA) is 39.1 Å². The molecule has 0 heterocycles. The Bertz CT molecular complexity index is 594. The second-order valence-corrected chi connectivity index (χ2v) is 5.54. The molecule has 0 amide bonds. The van der Waals surface area contributed by atoms with Crippen LogP contribution in [0.1, 0.15) is 12.0 Å². The summed E-state index contributed by atoms with van der Waals surface area (Å²) in [5, 5.41) is 13.0. The van der Waals surface area contributed by atoms with E-state index in [2.05, 4.69) is 28.4 Å². The SMILES string of the molecule is Cl.N#CCCN(CCNc1ccccc1)Cc1ccc(Cl)cc1. The summed E-state index contributed by atoms with van der Waals surface area (Å²) in [6.07, 6.45) is 0.541. The van der Waals surface area contributed by atoms with Crippen molar-refractivity contribution in [2.75, 3.05) is 25.0 Å². The highest BCUT2D eigenvalue weighted by molar-refractivity contribution is 6.30. The minimum Gasteiger partial charge on any atom is -0.384 e. The molecule has 0 unspecified atom stereocenters. The van der Waals surface area contributed by atoms with E-state index in [1.54, 1.807) is 0 Å². The van der Waals surface area contributed by atoms with Gasteiger partial charge in [-0.05, 0) is 29.8 Å². The van der Waals surface area contributed by atoms with Gasteiger partial charge in [0.2, 0.25) is 0 Å². The smallest absolute Gasteiger partial charge is 0.0635 e. The van der Waals surface area contributed by atoms with Crippen molar-refractivity contribution >= 4 is 29.7 Å². The highest BCUT2D eigenvalue weighted by Crippen LogP contribution is 2.12. The van der Waals surface area contributed by atoms with Crippen LogP contribution in [-0.2, 0) is 6.54 Å². The zero-order valence-corrected chi connectivity index (χ0v) is 14.5. The number of nitrogens with one attached hydrogen (secondary N) is 1. The first kappa shape index (κ1) is 19.3. The summed E-state index contributed by atoms with van der Waals surface area (Å²) in [6, 6.07) is 20.2. The number of para-hydroxylation sites is 1. The van der Waals surface area contributed by atoms with E-state index in [1.807, 2.05) is 42.5 Å². The Morgan fingerprint density at radius 2 is 1.70 bits per heavy atom. The van der Waals surface area contributed by atoms with Crippen LogP contribution >= 0.6 is 24.0 Å². The molecular formula is C18H21Cl2N3. The van der Waals surface area contributed by atoms with Gasteiger partial charge in [-0.1, -0.05) is 41.9 Å². The second kappa shape index (κ2) is 10.9. The molecule has 23 heavy (non-hydrogen) atoms. The average molecular weight is 350 g/mol. The zero-order chi connectivity index (χ0) is 15.6. The van der Waals surface area contributed by atoms with E-state index >= 15 is 0 Å². The molecule has 2 aromatic rings. The van der Waals surface area contributed by atoms with Crippen molar-refractivity contribution < 1.29 is 0 Å². The monoisotopic (exact) mass is 349 g/mol. The van der Waals surface area contributed by atoms with Gasteiger partial charge in [0, 0.05) is 43.3 Å². The number of hydrogen-bond donors (Lipinski definition) is 1. The van der Waals surface area contributed by atoms with E-state index < -0.39 is 0 Å². The van der Waals surface area contributed by atoms with Crippen molar-refractivity contribution in [3.05, 3.63) is 65.2 Å². The van der Waals surface area contributed by atoms with E-state index in [0.29, 0.717) is 6.42 Å². The van der Waals surface area contributed by atoms with Crippen LogP contribution in [0.15, 0.2) is 54.6 Å². The van der Waals surface area contributed by atoms with Crippen molar-refractivity contribution in [2.24, 2.45) is 0 Å². The predicted octanol–water partition coefficient (Wildman–Crippen LogP) is 4.59. The van der Waals surface area contributed by atoms with Crippen LogP contribution in [-0.4, -0.2) is 24.5 Å². The highest BCUT2D eigenvalue weighted by atomic mass is 35.5. The summed E-state index contributed by atoms with van der Waals surface area (Å²) in [5.74, 6) is 0. The number of benzene rings is 2. The molecule has 0 radical (unpaired) electrons. The first-order valence-electron chi connectivity index (χ1n) is 7.40. The molecule has 1 N–H and O–H groups in total. The molecule has 0 bridgehead atoms.